The van der Waals surface area contributed by atoms with Crippen molar-refractivity contribution in [3.63, 3.8) is 0 Å². The van der Waals surface area contributed by atoms with Gasteiger partial charge in [0.1, 0.15) is 12.1 Å². The second-order valence-corrected chi connectivity index (χ2v) is 18.8. The normalized spacial score (nSPS) is 29.7. The van der Waals surface area contributed by atoms with Gasteiger partial charge in [-0.05, 0) is 61.2 Å². The van der Waals surface area contributed by atoms with E-state index in [2.05, 4.69) is 35.1 Å². The van der Waals surface area contributed by atoms with Crippen molar-refractivity contribution in [3.05, 3.63) is 0 Å². The number of likely N-dealkylation sites (tertiary alicyclic amines) is 1. The molecule has 3 aliphatic carbocycles. The van der Waals surface area contributed by atoms with Crippen LogP contribution in [0, 0.1) is 22.7 Å². The van der Waals surface area contributed by atoms with Crippen LogP contribution in [0.3, 0.4) is 0 Å². The molecule has 0 aromatic heterocycles. The largest absolute Gasteiger partial charge is 0.347 e. The number of sulfone groups is 1. The number of hydrogen-bond donors (Lipinski definition) is 4. The molecule has 4 N–H and O–H groups in total. The third kappa shape index (κ3) is 7.20. The van der Waals surface area contributed by atoms with E-state index < -0.39 is 73.7 Å². The van der Waals surface area contributed by atoms with Gasteiger partial charge in [-0.2, -0.15) is 0 Å². The standard InChI is InChI=1S/C34H55N5O7S/c1-7-8-12-22(26(40)29(42)35-20-13-14-20)36-28(41)25-24-21(33(24,5)6)19-39(25)30(43)27(32(2,3)4)37-31(44)38-34(16-10-9-11-17-34)23-15-18-47(23,45)46/h20-25,27H,7-19H2,1-6H3,(H,35,42)(H,36,41)(H2,37,38,44)/t21-,22?,23-,24-,25-,27+/m0/s1. The van der Waals surface area contributed by atoms with Crippen LogP contribution >= 0.6 is 0 Å². The number of nitrogens with zero attached hydrogens (tertiary/aromatic N) is 1. The first-order valence-corrected chi connectivity index (χ1v) is 19.4. The van der Waals surface area contributed by atoms with Gasteiger partial charge in [0, 0.05) is 12.6 Å². The molecule has 2 saturated heterocycles. The Labute approximate surface area is 279 Å². The average molecular weight is 678 g/mol. The van der Waals surface area contributed by atoms with Gasteiger partial charge in [-0.3, -0.25) is 19.2 Å². The zero-order valence-electron chi connectivity index (χ0n) is 28.9. The Morgan fingerprint density at radius 3 is 2.15 bits per heavy atom. The van der Waals surface area contributed by atoms with Crippen LogP contribution in [0.1, 0.15) is 112 Å². The van der Waals surface area contributed by atoms with Gasteiger partial charge in [0.15, 0.2) is 9.84 Å². The van der Waals surface area contributed by atoms with Crippen LogP contribution in [0.25, 0.3) is 0 Å². The summed E-state index contributed by atoms with van der Waals surface area (Å²) in [6.07, 6.45) is 7.70. The Bertz CT molecular complexity index is 1380. The smallest absolute Gasteiger partial charge is 0.315 e. The van der Waals surface area contributed by atoms with E-state index in [0.717, 1.165) is 38.5 Å². The predicted octanol–water partition coefficient (Wildman–Crippen LogP) is 2.60. The molecule has 0 spiro atoms. The summed E-state index contributed by atoms with van der Waals surface area (Å²) in [5, 5.41) is 10.9. The minimum Gasteiger partial charge on any atom is -0.347 e. The van der Waals surface area contributed by atoms with Crippen LogP contribution in [0.4, 0.5) is 4.79 Å². The van der Waals surface area contributed by atoms with Crippen molar-refractivity contribution in [1.82, 2.24) is 26.2 Å². The van der Waals surface area contributed by atoms with Gasteiger partial charge in [-0.15, -0.1) is 0 Å². The van der Waals surface area contributed by atoms with Crippen LogP contribution in [0.15, 0.2) is 0 Å². The van der Waals surface area contributed by atoms with E-state index >= 15 is 0 Å². The SMILES string of the molecule is CCCCC(NC(=O)[C@@H]1[C@@H]2[C@H](CN1C(=O)[C@@H](NC(=O)NC1([C@@H]3CCS3(=O)=O)CCCCC1)C(C)(C)C)C2(C)C)C(=O)C(=O)NC1CC1. The maximum Gasteiger partial charge on any atom is 0.315 e. The summed E-state index contributed by atoms with van der Waals surface area (Å²) in [6, 6.07) is -3.42. The van der Waals surface area contributed by atoms with E-state index in [1.807, 2.05) is 27.7 Å². The molecule has 1 unspecified atom stereocenters. The molecule has 0 bridgehead atoms. The van der Waals surface area contributed by atoms with Crippen molar-refractivity contribution in [3.8, 4) is 0 Å². The van der Waals surface area contributed by atoms with E-state index in [1.54, 1.807) is 4.90 Å². The second kappa shape index (κ2) is 13.0. The number of ketones is 1. The zero-order chi connectivity index (χ0) is 34.5. The molecule has 2 aliphatic heterocycles. The lowest BCUT2D eigenvalue weighted by Crippen LogP contribution is -2.67. The van der Waals surface area contributed by atoms with E-state index in [1.165, 1.54) is 0 Å². The molecule has 3 saturated carbocycles. The molecule has 5 aliphatic rings. The minimum atomic E-state index is -3.28. The molecular formula is C34H55N5O7S. The summed E-state index contributed by atoms with van der Waals surface area (Å²) in [6.45, 7) is 12.0. The topological polar surface area (TPSA) is 171 Å². The number of nitrogens with one attached hydrogen (secondary N) is 4. The Morgan fingerprint density at radius 2 is 1.62 bits per heavy atom. The number of Topliss-reactive ketones (excluding diaryl/α,β-unsaturated/α-hetero) is 1. The highest BCUT2D eigenvalue weighted by Crippen LogP contribution is 2.65. The molecule has 2 heterocycles. The lowest BCUT2D eigenvalue weighted by Gasteiger charge is -2.47. The van der Waals surface area contributed by atoms with Crippen LogP contribution in [-0.2, 0) is 29.0 Å². The molecule has 264 valence electrons. The molecule has 13 heteroatoms. The van der Waals surface area contributed by atoms with Gasteiger partial charge >= 0.3 is 6.03 Å². The van der Waals surface area contributed by atoms with E-state index in [9.17, 15) is 32.4 Å². The number of carbonyl (C=O) groups is 5. The number of amides is 5. The molecule has 5 amide bonds. The fraction of sp³-hybridized carbons (Fsp3) is 0.853. The van der Waals surface area contributed by atoms with Gasteiger partial charge in [-0.25, -0.2) is 13.2 Å². The Hall–Kier alpha value is -2.70. The quantitative estimate of drug-likeness (QED) is 0.230. The minimum absolute atomic E-state index is 0.00934. The van der Waals surface area contributed by atoms with Crippen LogP contribution in [0.5, 0.6) is 0 Å². The summed E-state index contributed by atoms with van der Waals surface area (Å²) in [4.78, 5) is 69.5. The fourth-order valence-electron chi connectivity index (χ4n) is 8.36. The number of piperidine rings is 1. The maximum atomic E-state index is 14.4. The maximum absolute atomic E-state index is 14.4. The monoisotopic (exact) mass is 677 g/mol. The Kier molecular flexibility index (Phi) is 9.82. The van der Waals surface area contributed by atoms with Crippen molar-refractivity contribution >= 4 is 39.4 Å². The first-order chi connectivity index (χ1) is 21.9. The van der Waals surface area contributed by atoms with E-state index in [4.69, 9.17) is 0 Å². The van der Waals surface area contributed by atoms with Crippen LogP contribution < -0.4 is 21.3 Å². The number of carbonyl (C=O) groups excluding carboxylic acids is 5. The highest BCUT2D eigenvalue weighted by atomic mass is 32.2. The average Bonchev–Trinajstić information content (AvgIpc) is 3.83. The van der Waals surface area contributed by atoms with Gasteiger partial charge in [0.2, 0.25) is 17.6 Å². The zero-order valence-corrected chi connectivity index (χ0v) is 29.8. The summed E-state index contributed by atoms with van der Waals surface area (Å²) in [7, 11) is -3.28. The number of unbranched alkanes of at least 4 members (excludes halogenated alkanes) is 1. The summed E-state index contributed by atoms with van der Waals surface area (Å²) in [5.74, 6) is -2.14. The number of rotatable bonds is 12. The molecule has 12 nitrogen and oxygen atoms in total. The van der Waals surface area contributed by atoms with Gasteiger partial charge in [0.05, 0.1) is 22.6 Å². The van der Waals surface area contributed by atoms with E-state index in [-0.39, 0.29) is 29.0 Å². The molecule has 5 fully saturated rings. The van der Waals surface area contributed by atoms with Crippen LogP contribution in [0.2, 0.25) is 0 Å². The van der Waals surface area contributed by atoms with Crippen LogP contribution in [-0.4, -0.2) is 90.1 Å². The molecule has 0 aromatic rings. The first kappa shape index (κ1) is 35.6. The van der Waals surface area contributed by atoms with Gasteiger partial charge in [0.25, 0.3) is 5.91 Å². The van der Waals surface area contributed by atoms with Gasteiger partial charge in [-0.1, -0.05) is 73.6 Å². The van der Waals surface area contributed by atoms with Crippen molar-refractivity contribution < 1.29 is 32.4 Å². The highest BCUT2D eigenvalue weighted by Gasteiger charge is 2.70. The lowest BCUT2D eigenvalue weighted by molar-refractivity contribution is -0.145. The van der Waals surface area contributed by atoms with E-state index in [0.29, 0.717) is 38.6 Å². The molecular weight excluding hydrogens is 622 g/mol. The first-order valence-electron chi connectivity index (χ1n) is 17.7. The third-order valence-corrected chi connectivity index (χ3v) is 13.9. The summed E-state index contributed by atoms with van der Waals surface area (Å²) >= 11 is 0. The second-order valence-electron chi connectivity index (χ2n) is 16.5. The molecule has 6 atom stereocenters. The Balaban J connectivity index is 1.33. The molecule has 5 rings (SSSR count). The number of hydrogen-bond acceptors (Lipinski definition) is 7. The summed E-state index contributed by atoms with van der Waals surface area (Å²) < 4.78 is 25.4. The van der Waals surface area contributed by atoms with Crippen molar-refractivity contribution in [1.29, 1.82) is 0 Å². The van der Waals surface area contributed by atoms with Gasteiger partial charge < -0.3 is 26.2 Å². The van der Waals surface area contributed by atoms with Crippen molar-refractivity contribution in [2.75, 3.05) is 12.3 Å². The molecule has 47 heavy (non-hydrogen) atoms. The fourth-order valence-corrected chi connectivity index (χ4v) is 10.2. The lowest BCUT2D eigenvalue weighted by atomic mass is 9.78. The van der Waals surface area contributed by atoms with Crippen molar-refractivity contribution in [2.24, 2.45) is 22.7 Å². The number of urea groups is 1. The number of fused-ring (bicyclic) bond motifs is 1. The third-order valence-electron chi connectivity index (χ3n) is 11.6. The Morgan fingerprint density at radius 1 is 0.957 bits per heavy atom. The predicted molar refractivity (Wildman–Crippen MR) is 177 cm³/mol. The summed E-state index contributed by atoms with van der Waals surface area (Å²) in [5.41, 5.74) is -1.78. The molecule has 0 aromatic carbocycles. The van der Waals surface area contributed by atoms with Crippen molar-refractivity contribution in [2.45, 2.75) is 147 Å². The molecule has 0 radical (unpaired) electrons. The highest BCUT2D eigenvalue weighted by molar-refractivity contribution is 7.93.